The molecule has 0 amide bonds. The number of benzene rings is 1. The van der Waals surface area contributed by atoms with Gasteiger partial charge in [0.05, 0.1) is 18.1 Å². The second-order valence-corrected chi connectivity index (χ2v) is 4.90. The molecule has 0 unspecified atom stereocenters. The zero-order chi connectivity index (χ0) is 14.7. The van der Waals surface area contributed by atoms with Crippen molar-refractivity contribution in [2.45, 2.75) is 0 Å². The number of hydrogen-bond donors (Lipinski definition) is 1. The number of ether oxygens (including phenoxy) is 1. The van der Waals surface area contributed by atoms with Crippen LogP contribution in [0.15, 0.2) is 36.8 Å². The van der Waals surface area contributed by atoms with Gasteiger partial charge in [-0.3, -0.25) is 4.68 Å². The van der Waals surface area contributed by atoms with Gasteiger partial charge >= 0.3 is 0 Å². The summed E-state index contributed by atoms with van der Waals surface area (Å²) in [4.78, 5) is 8.42. The Morgan fingerprint density at radius 2 is 2.24 bits per heavy atom. The van der Waals surface area contributed by atoms with Crippen molar-refractivity contribution in [3.63, 3.8) is 0 Å². The summed E-state index contributed by atoms with van der Waals surface area (Å²) < 4.78 is 7.33. The molecule has 0 aliphatic rings. The van der Waals surface area contributed by atoms with E-state index in [2.05, 4.69) is 20.4 Å². The Morgan fingerprint density at radius 3 is 3.10 bits per heavy atom. The first-order valence-corrected chi connectivity index (χ1v) is 6.87. The standard InChI is InChI=1S/C14H14ClN5O/c1-20-14-12(8-19-20)13(17-9-18-14)16-5-6-21-11-4-2-3-10(15)7-11/h2-4,7-9H,5-6H2,1H3,(H,16,17,18). The lowest BCUT2D eigenvalue weighted by atomic mass is 10.3. The lowest BCUT2D eigenvalue weighted by molar-refractivity contribution is 0.333. The van der Waals surface area contributed by atoms with Crippen molar-refractivity contribution < 1.29 is 4.74 Å². The summed E-state index contributed by atoms with van der Waals surface area (Å²) in [6.45, 7) is 1.12. The van der Waals surface area contributed by atoms with Gasteiger partial charge in [-0.05, 0) is 18.2 Å². The van der Waals surface area contributed by atoms with Gasteiger partial charge in [0, 0.05) is 12.1 Å². The molecule has 0 fully saturated rings. The molecule has 0 saturated carbocycles. The Labute approximate surface area is 126 Å². The number of aryl methyl sites for hydroxylation is 1. The van der Waals surface area contributed by atoms with E-state index < -0.39 is 0 Å². The van der Waals surface area contributed by atoms with Crippen LogP contribution in [-0.4, -0.2) is 32.9 Å². The van der Waals surface area contributed by atoms with E-state index in [9.17, 15) is 0 Å². The Hall–Kier alpha value is -2.34. The van der Waals surface area contributed by atoms with Crippen LogP contribution in [0.4, 0.5) is 5.82 Å². The van der Waals surface area contributed by atoms with Gasteiger partial charge in [0.25, 0.3) is 0 Å². The number of nitrogens with zero attached hydrogens (tertiary/aromatic N) is 4. The van der Waals surface area contributed by atoms with Gasteiger partial charge < -0.3 is 10.1 Å². The predicted octanol–water partition coefficient (Wildman–Crippen LogP) is 2.51. The highest BCUT2D eigenvalue weighted by Gasteiger charge is 2.06. The summed E-state index contributed by atoms with van der Waals surface area (Å²) in [5, 5.41) is 8.95. The highest BCUT2D eigenvalue weighted by molar-refractivity contribution is 6.30. The summed E-state index contributed by atoms with van der Waals surface area (Å²) in [6.07, 6.45) is 3.26. The van der Waals surface area contributed by atoms with Crippen LogP contribution < -0.4 is 10.1 Å². The Morgan fingerprint density at radius 1 is 1.33 bits per heavy atom. The van der Waals surface area contributed by atoms with Crippen LogP contribution >= 0.6 is 11.6 Å². The lowest BCUT2D eigenvalue weighted by Gasteiger charge is -2.08. The van der Waals surface area contributed by atoms with Crippen molar-refractivity contribution in [2.75, 3.05) is 18.5 Å². The van der Waals surface area contributed by atoms with Gasteiger partial charge in [0.2, 0.25) is 0 Å². The van der Waals surface area contributed by atoms with Crippen molar-refractivity contribution in [1.82, 2.24) is 19.7 Å². The third-order valence-corrected chi connectivity index (χ3v) is 3.22. The van der Waals surface area contributed by atoms with Crippen LogP contribution in [0, 0.1) is 0 Å². The van der Waals surface area contributed by atoms with Crippen LogP contribution in [0.2, 0.25) is 5.02 Å². The molecular formula is C14H14ClN5O. The van der Waals surface area contributed by atoms with Gasteiger partial charge in [-0.2, -0.15) is 5.10 Å². The fraction of sp³-hybridized carbons (Fsp3) is 0.214. The summed E-state index contributed by atoms with van der Waals surface area (Å²) in [6, 6.07) is 7.32. The molecule has 3 rings (SSSR count). The maximum atomic E-state index is 5.90. The van der Waals surface area contributed by atoms with E-state index in [1.165, 1.54) is 6.33 Å². The van der Waals surface area contributed by atoms with Crippen LogP contribution in [-0.2, 0) is 7.05 Å². The average molecular weight is 304 g/mol. The average Bonchev–Trinajstić information content (AvgIpc) is 2.86. The summed E-state index contributed by atoms with van der Waals surface area (Å²) >= 11 is 5.90. The molecule has 0 atom stereocenters. The number of rotatable bonds is 5. The van der Waals surface area contributed by atoms with Gasteiger partial charge in [-0.15, -0.1) is 0 Å². The van der Waals surface area contributed by atoms with Crippen molar-refractivity contribution in [3.8, 4) is 5.75 Å². The molecule has 0 aliphatic carbocycles. The zero-order valence-electron chi connectivity index (χ0n) is 11.5. The smallest absolute Gasteiger partial charge is 0.163 e. The predicted molar refractivity (Wildman–Crippen MR) is 81.7 cm³/mol. The Balaban J connectivity index is 1.60. The first-order chi connectivity index (χ1) is 10.2. The first kappa shape index (κ1) is 13.6. The molecule has 0 bridgehead atoms. The third kappa shape index (κ3) is 3.05. The fourth-order valence-corrected chi connectivity index (χ4v) is 2.18. The quantitative estimate of drug-likeness (QED) is 0.734. The molecule has 108 valence electrons. The van der Waals surface area contributed by atoms with E-state index in [1.54, 1.807) is 16.9 Å². The monoisotopic (exact) mass is 303 g/mol. The minimum atomic E-state index is 0.506. The molecule has 3 aromatic rings. The largest absolute Gasteiger partial charge is 0.492 e. The maximum absolute atomic E-state index is 5.90. The number of halogens is 1. The minimum absolute atomic E-state index is 0.506. The first-order valence-electron chi connectivity index (χ1n) is 6.49. The fourth-order valence-electron chi connectivity index (χ4n) is 2.00. The topological polar surface area (TPSA) is 64.9 Å². The molecule has 21 heavy (non-hydrogen) atoms. The normalized spacial score (nSPS) is 10.8. The second kappa shape index (κ2) is 5.97. The molecule has 0 aliphatic heterocycles. The summed E-state index contributed by atoms with van der Waals surface area (Å²) in [5.74, 6) is 1.50. The van der Waals surface area contributed by atoms with Crippen molar-refractivity contribution in [2.24, 2.45) is 7.05 Å². The SMILES string of the molecule is Cn1ncc2c(NCCOc3cccc(Cl)c3)ncnc21. The van der Waals surface area contributed by atoms with Gasteiger partial charge in [0.1, 0.15) is 24.5 Å². The number of hydrogen-bond acceptors (Lipinski definition) is 5. The Kier molecular flexibility index (Phi) is 3.87. The summed E-state index contributed by atoms with van der Waals surface area (Å²) in [5.41, 5.74) is 0.795. The third-order valence-electron chi connectivity index (χ3n) is 2.99. The number of nitrogens with one attached hydrogen (secondary N) is 1. The van der Waals surface area contributed by atoms with Crippen molar-refractivity contribution in [3.05, 3.63) is 41.8 Å². The second-order valence-electron chi connectivity index (χ2n) is 4.46. The molecule has 0 spiro atoms. The molecule has 2 aromatic heterocycles. The zero-order valence-corrected chi connectivity index (χ0v) is 12.2. The number of anilines is 1. The van der Waals surface area contributed by atoms with Gasteiger partial charge in [-0.1, -0.05) is 17.7 Å². The number of fused-ring (bicyclic) bond motifs is 1. The lowest BCUT2D eigenvalue weighted by Crippen LogP contribution is -2.12. The molecule has 1 aromatic carbocycles. The van der Waals surface area contributed by atoms with Crippen LogP contribution in [0.3, 0.4) is 0 Å². The summed E-state index contributed by atoms with van der Waals surface area (Å²) in [7, 11) is 1.85. The van der Waals surface area contributed by atoms with Crippen molar-refractivity contribution in [1.29, 1.82) is 0 Å². The van der Waals surface area contributed by atoms with Crippen LogP contribution in [0.1, 0.15) is 0 Å². The molecule has 0 radical (unpaired) electrons. The minimum Gasteiger partial charge on any atom is -0.492 e. The van der Waals surface area contributed by atoms with E-state index in [-0.39, 0.29) is 0 Å². The van der Waals surface area contributed by atoms with Crippen LogP contribution in [0.25, 0.3) is 11.0 Å². The molecule has 1 N–H and O–H groups in total. The molecule has 0 saturated heterocycles. The van der Waals surface area contributed by atoms with E-state index in [0.29, 0.717) is 18.2 Å². The number of aromatic nitrogens is 4. The van der Waals surface area contributed by atoms with Crippen molar-refractivity contribution >= 4 is 28.5 Å². The molecular weight excluding hydrogens is 290 g/mol. The highest BCUT2D eigenvalue weighted by Crippen LogP contribution is 2.18. The maximum Gasteiger partial charge on any atom is 0.163 e. The van der Waals surface area contributed by atoms with E-state index in [1.807, 2.05) is 25.2 Å². The van der Waals surface area contributed by atoms with Crippen LogP contribution in [0.5, 0.6) is 5.75 Å². The van der Waals surface area contributed by atoms with Gasteiger partial charge in [0.15, 0.2) is 5.65 Å². The van der Waals surface area contributed by atoms with E-state index >= 15 is 0 Å². The van der Waals surface area contributed by atoms with E-state index in [0.717, 1.165) is 22.6 Å². The molecule has 7 heteroatoms. The molecule has 2 heterocycles. The molecule has 6 nitrogen and oxygen atoms in total. The highest BCUT2D eigenvalue weighted by atomic mass is 35.5. The van der Waals surface area contributed by atoms with Gasteiger partial charge in [-0.25, -0.2) is 9.97 Å². The van der Waals surface area contributed by atoms with E-state index in [4.69, 9.17) is 16.3 Å². The Bertz CT molecular complexity index is 758.